The van der Waals surface area contributed by atoms with Crippen LogP contribution in [0.3, 0.4) is 0 Å². The lowest BCUT2D eigenvalue weighted by Crippen LogP contribution is -2.44. The van der Waals surface area contributed by atoms with Crippen LogP contribution in [0, 0.1) is 17.8 Å². The highest BCUT2D eigenvalue weighted by Crippen LogP contribution is 2.57. The molecule has 3 aliphatic carbocycles. The van der Waals surface area contributed by atoms with E-state index in [1.807, 2.05) is 0 Å². The van der Waals surface area contributed by atoms with Crippen molar-refractivity contribution >= 4 is 29.3 Å². The van der Waals surface area contributed by atoms with Crippen molar-refractivity contribution in [1.29, 1.82) is 0 Å². The molecule has 0 saturated heterocycles. The van der Waals surface area contributed by atoms with Crippen molar-refractivity contribution < 1.29 is 8.85 Å². The second kappa shape index (κ2) is 14.8. The maximum absolute atomic E-state index is 6.93. The van der Waals surface area contributed by atoms with Crippen LogP contribution in [-0.2, 0) is 8.85 Å². The van der Waals surface area contributed by atoms with Gasteiger partial charge in [0.15, 0.2) is 16.6 Å². The van der Waals surface area contributed by atoms with Crippen LogP contribution >= 0.6 is 12.6 Å². The zero-order valence-electron chi connectivity index (χ0n) is 31.0. The largest absolute Gasteiger partial charge is 0.412 e. The Morgan fingerprint density at radius 1 is 1.07 bits per heavy atom. The van der Waals surface area contributed by atoms with Gasteiger partial charge in [0.1, 0.15) is 0 Å². The Hall–Kier alpha value is -0.336. The Morgan fingerprint density at radius 2 is 1.70 bits per heavy atom. The van der Waals surface area contributed by atoms with Gasteiger partial charge in [-0.3, -0.25) is 0 Å². The molecule has 3 unspecified atom stereocenters. The minimum atomic E-state index is -1.86. The van der Waals surface area contributed by atoms with Gasteiger partial charge in [0, 0.05) is 11.2 Å². The maximum Gasteiger partial charge on any atom is 0.192 e. The Labute approximate surface area is 281 Å². The molecule has 1 saturated carbocycles. The minimum Gasteiger partial charge on any atom is -0.412 e. The van der Waals surface area contributed by atoms with E-state index in [0.717, 1.165) is 25.7 Å². The molecule has 2 nitrogen and oxygen atoms in total. The van der Waals surface area contributed by atoms with Gasteiger partial charge in [0.2, 0.25) is 0 Å². The maximum atomic E-state index is 6.93. The first-order chi connectivity index (χ1) is 20.3. The molecule has 1 fully saturated rings. The highest BCUT2D eigenvalue weighted by Gasteiger charge is 2.51. The molecule has 0 aromatic rings. The van der Waals surface area contributed by atoms with E-state index in [9.17, 15) is 0 Å². The van der Waals surface area contributed by atoms with Gasteiger partial charge in [-0.25, -0.2) is 0 Å². The predicted octanol–water partition coefficient (Wildman–Crippen LogP) is 12.6. The number of rotatable bonds is 14. The number of hydrogen-bond donors (Lipinski definition) is 1. The van der Waals surface area contributed by atoms with E-state index in [4.69, 9.17) is 21.5 Å². The second-order valence-electron chi connectivity index (χ2n) is 17.0. The normalized spacial score (nSPS) is 28.1. The number of thiol groups is 1. The van der Waals surface area contributed by atoms with Gasteiger partial charge in [0.05, 0.1) is 11.7 Å². The van der Waals surface area contributed by atoms with Gasteiger partial charge in [-0.1, -0.05) is 91.7 Å². The lowest BCUT2D eigenvalue weighted by Gasteiger charge is -2.42. The van der Waals surface area contributed by atoms with Crippen LogP contribution in [0.4, 0.5) is 0 Å². The van der Waals surface area contributed by atoms with Crippen molar-refractivity contribution in [2.45, 2.75) is 180 Å². The molecule has 0 aromatic heterocycles. The third-order valence-electron chi connectivity index (χ3n) is 12.5. The zero-order valence-corrected chi connectivity index (χ0v) is 33.9. The van der Waals surface area contributed by atoms with Crippen molar-refractivity contribution in [1.82, 2.24) is 0 Å². The van der Waals surface area contributed by atoms with Crippen LogP contribution in [0.2, 0.25) is 36.3 Å². The van der Waals surface area contributed by atoms with E-state index < -0.39 is 16.6 Å². The SMILES string of the molecule is C=C1CC(C)=C(/C=C\C2=CCC[C@@]3(S)C2CCC3[C@@H](C)CCCC(C)(C)O[Si](CC)(CC)CC)CC1O[Si](C)(C)C(C)(C)C. The summed E-state index contributed by atoms with van der Waals surface area (Å²) in [5.74, 6) is 1.95. The summed E-state index contributed by atoms with van der Waals surface area (Å²) in [7, 11) is -3.45. The van der Waals surface area contributed by atoms with Gasteiger partial charge in [-0.15, -0.1) is 0 Å². The average molecular weight is 659 g/mol. The quantitative estimate of drug-likeness (QED) is 0.114. The average Bonchev–Trinajstić information content (AvgIpc) is 3.29. The summed E-state index contributed by atoms with van der Waals surface area (Å²) in [6.45, 7) is 32.7. The Bertz CT molecular complexity index is 1080. The summed E-state index contributed by atoms with van der Waals surface area (Å²) in [6.07, 6.45) is 18.1. The molecule has 0 heterocycles. The van der Waals surface area contributed by atoms with Crippen LogP contribution < -0.4 is 0 Å². The van der Waals surface area contributed by atoms with Crippen molar-refractivity contribution in [3.63, 3.8) is 0 Å². The molecule has 5 atom stereocenters. The first-order valence-corrected chi connectivity index (χ1v) is 24.1. The number of hydrogen-bond acceptors (Lipinski definition) is 3. The third kappa shape index (κ3) is 8.76. The fraction of sp³-hybridized carbons (Fsp3) is 0.795. The van der Waals surface area contributed by atoms with Crippen LogP contribution in [-0.4, -0.2) is 33.1 Å². The fourth-order valence-corrected chi connectivity index (χ4v) is 13.6. The zero-order chi connectivity index (χ0) is 33.1. The standard InChI is InChI=1S/C39H70O2SSi2/c1-14-44(15-2,16-3)41-38(10,11)25-17-19-29(4)34-23-24-35-32(20-18-26-39(34,35)42)21-22-33-28-36(31(6)27-30(33)5)40-43(12,13)37(7,8)9/h20-22,29,34-36,42H,6,14-19,23-28H2,1-5,7-13H3/b22-21-/t29-,34?,35?,36?,39-/m0/s1. The Balaban J connectivity index is 1.64. The molecule has 44 heavy (non-hydrogen) atoms. The van der Waals surface area contributed by atoms with Gasteiger partial charge in [-0.05, 0) is 130 Å². The highest BCUT2D eigenvalue weighted by molar-refractivity contribution is 7.81. The van der Waals surface area contributed by atoms with E-state index in [2.05, 4.69) is 107 Å². The summed E-state index contributed by atoms with van der Waals surface area (Å²) in [5.41, 5.74) is 5.68. The highest BCUT2D eigenvalue weighted by atomic mass is 32.1. The van der Waals surface area contributed by atoms with E-state index in [1.165, 1.54) is 72.5 Å². The monoisotopic (exact) mass is 658 g/mol. The van der Waals surface area contributed by atoms with Crippen molar-refractivity contribution in [3.8, 4) is 0 Å². The minimum absolute atomic E-state index is 0.0105. The van der Waals surface area contributed by atoms with Crippen molar-refractivity contribution in [2.75, 3.05) is 0 Å². The third-order valence-corrected chi connectivity index (χ3v) is 22.7. The summed E-state index contributed by atoms with van der Waals surface area (Å²) in [5, 5.41) is 0.203. The molecular formula is C39H70O2SSi2. The van der Waals surface area contributed by atoms with E-state index in [0.29, 0.717) is 17.8 Å². The molecule has 0 amide bonds. The first-order valence-electron chi connectivity index (χ1n) is 18.2. The summed E-state index contributed by atoms with van der Waals surface area (Å²) in [6, 6.07) is 3.69. The summed E-state index contributed by atoms with van der Waals surface area (Å²) < 4.78 is 13.9. The number of fused-ring (bicyclic) bond motifs is 1. The molecule has 5 heteroatoms. The molecule has 3 rings (SSSR count). The summed E-state index contributed by atoms with van der Waals surface area (Å²) in [4.78, 5) is 0. The molecule has 0 aliphatic heterocycles. The smallest absolute Gasteiger partial charge is 0.192 e. The Kier molecular flexibility index (Phi) is 12.8. The number of allylic oxidation sites excluding steroid dienone is 5. The van der Waals surface area contributed by atoms with Gasteiger partial charge in [0.25, 0.3) is 0 Å². The van der Waals surface area contributed by atoms with Crippen LogP contribution in [0.25, 0.3) is 0 Å². The molecule has 0 bridgehead atoms. The summed E-state index contributed by atoms with van der Waals surface area (Å²) >= 11 is 5.58. The van der Waals surface area contributed by atoms with Gasteiger partial charge in [-0.2, -0.15) is 12.6 Å². The van der Waals surface area contributed by atoms with E-state index in [-0.39, 0.29) is 21.5 Å². The van der Waals surface area contributed by atoms with Crippen LogP contribution in [0.5, 0.6) is 0 Å². The van der Waals surface area contributed by atoms with Gasteiger partial charge >= 0.3 is 0 Å². The van der Waals surface area contributed by atoms with Crippen molar-refractivity contribution in [3.05, 3.63) is 47.1 Å². The molecular weight excluding hydrogens is 589 g/mol. The fourth-order valence-electron chi connectivity index (χ4n) is 8.30. The van der Waals surface area contributed by atoms with Gasteiger partial charge < -0.3 is 8.85 Å². The lowest BCUT2D eigenvalue weighted by molar-refractivity contribution is 0.0800. The van der Waals surface area contributed by atoms with Crippen LogP contribution in [0.15, 0.2) is 47.1 Å². The first kappa shape index (κ1) is 38.1. The molecule has 0 radical (unpaired) electrons. The lowest BCUT2D eigenvalue weighted by atomic mass is 9.71. The molecule has 0 aromatic carbocycles. The topological polar surface area (TPSA) is 18.5 Å². The van der Waals surface area contributed by atoms with Crippen LogP contribution in [0.1, 0.15) is 127 Å². The Morgan fingerprint density at radius 3 is 2.30 bits per heavy atom. The predicted molar refractivity (Wildman–Crippen MR) is 203 cm³/mol. The van der Waals surface area contributed by atoms with E-state index >= 15 is 0 Å². The molecule has 0 N–H and O–H groups in total. The van der Waals surface area contributed by atoms with E-state index in [1.54, 1.807) is 0 Å². The molecule has 3 aliphatic rings. The second-order valence-corrected chi connectivity index (χ2v) is 27.3. The van der Waals surface area contributed by atoms with Crippen molar-refractivity contribution in [2.24, 2.45) is 17.8 Å². The molecule has 252 valence electrons. The molecule has 0 spiro atoms.